The van der Waals surface area contributed by atoms with Crippen molar-refractivity contribution in [3.63, 3.8) is 0 Å². The Hall–Kier alpha value is -4.26. The van der Waals surface area contributed by atoms with E-state index in [1.165, 1.54) is 36.9 Å². The van der Waals surface area contributed by atoms with E-state index in [2.05, 4.69) is 35.7 Å². The van der Waals surface area contributed by atoms with Gasteiger partial charge in [-0.2, -0.15) is 18.3 Å². The molecule has 4 aromatic heterocycles. The van der Waals surface area contributed by atoms with Gasteiger partial charge in [0.15, 0.2) is 5.69 Å². The van der Waals surface area contributed by atoms with Crippen LogP contribution < -0.4 is 15.4 Å². The van der Waals surface area contributed by atoms with Crippen LogP contribution in [0.25, 0.3) is 38.8 Å². The standard InChI is InChI=1S/C26H24F4N8O/c1-2-32-19-10-15(27)9-17-21-23(38-8-5-20(37-38)26(28,29)30)18(13-33-24(21)36-22(17)19)14-11-34-25(35-12-14)39-16-3-6-31-7-4-16/h5,8-13,16,31-32H,2-4,6-7H2,1H3,(H,33,36). The van der Waals surface area contributed by atoms with E-state index in [0.29, 0.717) is 45.3 Å². The molecule has 0 radical (unpaired) electrons. The van der Waals surface area contributed by atoms with Gasteiger partial charge in [-0.15, -0.1) is 0 Å². The first-order valence-corrected chi connectivity index (χ1v) is 12.5. The number of benzene rings is 1. The van der Waals surface area contributed by atoms with Crippen LogP contribution in [0.2, 0.25) is 0 Å². The minimum atomic E-state index is -4.64. The third-order valence-corrected chi connectivity index (χ3v) is 6.64. The normalized spacial score (nSPS) is 14.8. The van der Waals surface area contributed by atoms with Crippen LogP contribution in [0.5, 0.6) is 6.01 Å². The lowest BCUT2D eigenvalue weighted by Crippen LogP contribution is -2.34. The Morgan fingerprint density at radius 1 is 1.10 bits per heavy atom. The first-order valence-electron chi connectivity index (χ1n) is 12.5. The number of anilines is 1. The number of fused-ring (bicyclic) bond motifs is 3. The van der Waals surface area contributed by atoms with E-state index in [4.69, 9.17) is 4.74 Å². The van der Waals surface area contributed by atoms with E-state index in [-0.39, 0.29) is 17.8 Å². The minimum absolute atomic E-state index is 0.00239. The molecule has 0 bridgehead atoms. The number of hydrogen-bond acceptors (Lipinski definition) is 7. The number of aromatic amines is 1. The van der Waals surface area contributed by atoms with Crippen LogP contribution in [0.3, 0.4) is 0 Å². The highest BCUT2D eigenvalue weighted by atomic mass is 19.4. The lowest BCUT2D eigenvalue weighted by molar-refractivity contribution is -0.141. The number of alkyl halides is 3. The number of halogens is 4. The quantitative estimate of drug-likeness (QED) is 0.258. The summed E-state index contributed by atoms with van der Waals surface area (Å²) in [5, 5.41) is 11.1. The van der Waals surface area contributed by atoms with Crippen molar-refractivity contribution in [2.24, 2.45) is 0 Å². The van der Waals surface area contributed by atoms with Gasteiger partial charge < -0.3 is 20.4 Å². The summed E-state index contributed by atoms with van der Waals surface area (Å²) >= 11 is 0. The van der Waals surface area contributed by atoms with Gasteiger partial charge in [0.05, 0.1) is 22.3 Å². The average molecular weight is 541 g/mol. The SMILES string of the molecule is CCNc1cc(F)cc2c1[nH]c1ncc(-c3cnc(OC4CCNCC4)nc3)c(-n3ccc(C(F)(F)F)n3)c12. The van der Waals surface area contributed by atoms with Crippen molar-refractivity contribution in [1.82, 2.24) is 35.0 Å². The molecule has 1 saturated heterocycles. The van der Waals surface area contributed by atoms with Crippen molar-refractivity contribution >= 4 is 27.6 Å². The fourth-order valence-corrected chi connectivity index (χ4v) is 4.87. The number of nitrogens with zero attached hydrogens (tertiary/aromatic N) is 5. The Balaban J connectivity index is 1.53. The van der Waals surface area contributed by atoms with Crippen molar-refractivity contribution in [2.75, 3.05) is 25.0 Å². The van der Waals surface area contributed by atoms with Gasteiger partial charge in [0.25, 0.3) is 0 Å². The molecule has 1 aromatic carbocycles. The molecule has 1 aliphatic heterocycles. The van der Waals surface area contributed by atoms with Crippen molar-refractivity contribution < 1.29 is 22.3 Å². The fraction of sp³-hybridized carbons (Fsp3) is 0.308. The maximum atomic E-state index is 14.7. The molecule has 13 heteroatoms. The number of nitrogens with one attached hydrogen (secondary N) is 3. The number of piperidine rings is 1. The maximum Gasteiger partial charge on any atom is 0.435 e. The number of aromatic nitrogens is 6. The minimum Gasteiger partial charge on any atom is -0.460 e. The molecule has 0 atom stereocenters. The van der Waals surface area contributed by atoms with Crippen LogP contribution in [0, 0.1) is 5.82 Å². The van der Waals surface area contributed by atoms with Crippen molar-refractivity contribution in [3.05, 3.63) is 54.5 Å². The van der Waals surface area contributed by atoms with E-state index in [9.17, 15) is 17.6 Å². The fourth-order valence-electron chi connectivity index (χ4n) is 4.87. The summed E-state index contributed by atoms with van der Waals surface area (Å²) in [6, 6.07) is 3.78. The second-order valence-electron chi connectivity index (χ2n) is 9.24. The molecule has 0 spiro atoms. The third kappa shape index (κ3) is 4.73. The molecular weight excluding hydrogens is 516 g/mol. The molecule has 0 amide bonds. The van der Waals surface area contributed by atoms with E-state index >= 15 is 0 Å². The molecule has 5 heterocycles. The molecule has 202 valence electrons. The summed E-state index contributed by atoms with van der Waals surface area (Å²) in [7, 11) is 0. The second kappa shape index (κ2) is 9.80. The summed E-state index contributed by atoms with van der Waals surface area (Å²) in [6.45, 7) is 4.11. The molecule has 0 unspecified atom stereocenters. The topological polar surface area (TPSA) is 106 Å². The first kappa shape index (κ1) is 25.0. The second-order valence-corrected chi connectivity index (χ2v) is 9.24. The summed E-state index contributed by atoms with van der Waals surface area (Å²) < 4.78 is 62.2. The molecule has 5 aromatic rings. The number of H-pyrrole nitrogens is 1. The zero-order valence-electron chi connectivity index (χ0n) is 20.8. The molecule has 0 aliphatic carbocycles. The average Bonchev–Trinajstić information content (AvgIpc) is 3.55. The highest BCUT2D eigenvalue weighted by molar-refractivity contribution is 6.15. The molecule has 3 N–H and O–H groups in total. The molecule has 0 saturated carbocycles. The maximum absolute atomic E-state index is 14.7. The molecule has 9 nitrogen and oxygen atoms in total. The van der Waals surface area contributed by atoms with Crippen molar-refractivity contribution in [3.8, 4) is 22.8 Å². The van der Waals surface area contributed by atoms with E-state index in [0.717, 1.165) is 36.7 Å². The number of ether oxygens (including phenoxy) is 1. The van der Waals surface area contributed by atoms with Gasteiger partial charge in [0, 0.05) is 47.8 Å². The van der Waals surface area contributed by atoms with Crippen LogP contribution in [0.4, 0.5) is 23.2 Å². The van der Waals surface area contributed by atoms with E-state index in [1.54, 1.807) is 0 Å². The van der Waals surface area contributed by atoms with Gasteiger partial charge in [-0.3, -0.25) is 0 Å². The smallest absolute Gasteiger partial charge is 0.435 e. The predicted octanol–water partition coefficient (Wildman–Crippen LogP) is 5.08. The van der Waals surface area contributed by atoms with Crippen LogP contribution in [-0.2, 0) is 6.18 Å². The Kier molecular flexibility index (Phi) is 6.29. The third-order valence-electron chi connectivity index (χ3n) is 6.64. The van der Waals surface area contributed by atoms with Gasteiger partial charge in [-0.05, 0) is 51.1 Å². The van der Waals surface area contributed by atoms with Gasteiger partial charge >= 0.3 is 12.2 Å². The Bertz CT molecular complexity index is 1640. The predicted molar refractivity (Wildman–Crippen MR) is 137 cm³/mol. The van der Waals surface area contributed by atoms with Gasteiger partial charge in [0.1, 0.15) is 17.6 Å². The van der Waals surface area contributed by atoms with Gasteiger partial charge in [-0.25, -0.2) is 24.0 Å². The monoisotopic (exact) mass is 540 g/mol. The number of hydrogen-bond donors (Lipinski definition) is 3. The van der Waals surface area contributed by atoms with Crippen LogP contribution in [0.1, 0.15) is 25.5 Å². The first-order chi connectivity index (χ1) is 18.8. The van der Waals surface area contributed by atoms with E-state index < -0.39 is 17.7 Å². The van der Waals surface area contributed by atoms with Crippen molar-refractivity contribution in [2.45, 2.75) is 32.0 Å². The zero-order valence-corrected chi connectivity index (χ0v) is 20.8. The molecule has 39 heavy (non-hydrogen) atoms. The summed E-state index contributed by atoms with van der Waals surface area (Å²) in [5.41, 5.74) is 1.58. The molecule has 6 rings (SSSR count). The van der Waals surface area contributed by atoms with E-state index in [1.807, 2.05) is 6.92 Å². The number of pyridine rings is 1. The molecule has 1 fully saturated rings. The zero-order chi connectivity index (χ0) is 27.1. The summed E-state index contributed by atoms with van der Waals surface area (Å²) in [5.74, 6) is -0.505. The van der Waals surface area contributed by atoms with Gasteiger partial charge in [0.2, 0.25) is 0 Å². The van der Waals surface area contributed by atoms with Crippen LogP contribution >= 0.6 is 0 Å². The molecular formula is C26H24F4N8O. The largest absolute Gasteiger partial charge is 0.460 e. The Morgan fingerprint density at radius 3 is 2.56 bits per heavy atom. The lowest BCUT2D eigenvalue weighted by Gasteiger charge is -2.22. The van der Waals surface area contributed by atoms with Crippen molar-refractivity contribution in [1.29, 1.82) is 0 Å². The Morgan fingerprint density at radius 2 is 1.87 bits per heavy atom. The summed E-state index contributed by atoms with van der Waals surface area (Å²) in [4.78, 5) is 16.4. The highest BCUT2D eigenvalue weighted by Crippen LogP contribution is 2.39. The number of rotatable bonds is 6. The lowest BCUT2D eigenvalue weighted by atomic mass is 10.0. The highest BCUT2D eigenvalue weighted by Gasteiger charge is 2.34. The summed E-state index contributed by atoms with van der Waals surface area (Å²) in [6.07, 6.45) is 2.83. The Labute approximate surface area is 219 Å². The van der Waals surface area contributed by atoms with Crippen LogP contribution in [0.15, 0.2) is 43.0 Å². The van der Waals surface area contributed by atoms with Gasteiger partial charge in [-0.1, -0.05) is 0 Å². The van der Waals surface area contributed by atoms with Crippen LogP contribution in [-0.4, -0.2) is 55.5 Å². The molecule has 1 aliphatic rings.